The number of amides is 3. The van der Waals surface area contributed by atoms with Gasteiger partial charge < -0.3 is 25.2 Å². The average Bonchev–Trinajstić information content (AvgIpc) is 3.49. The van der Waals surface area contributed by atoms with Gasteiger partial charge >= 0.3 is 12.2 Å². The zero-order chi connectivity index (χ0) is 32.0. The maximum atomic E-state index is 13.6. The minimum atomic E-state index is -4.66. The van der Waals surface area contributed by atoms with Crippen molar-refractivity contribution < 1.29 is 27.9 Å². The molecule has 1 aromatic carbocycles. The first kappa shape index (κ1) is 32.6. The molecule has 11 nitrogen and oxygen atoms in total. The Labute approximate surface area is 254 Å². The molecule has 0 fully saturated rings. The molecular weight excluding hydrogens is 599 g/mol. The first-order valence-corrected chi connectivity index (χ1v) is 14.6. The Bertz CT molecular complexity index is 1720. The van der Waals surface area contributed by atoms with Gasteiger partial charge in [-0.1, -0.05) is 13.0 Å². The summed E-state index contributed by atoms with van der Waals surface area (Å²) in [4.78, 5) is 48.7. The van der Waals surface area contributed by atoms with Crippen LogP contribution >= 0.6 is 11.3 Å². The zero-order valence-corrected chi connectivity index (χ0v) is 25.1. The number of aliphatic hydroxyl groups excluding tert-OH is 1. The summed E-state index contributed by atoms with van der Waals surface area (Å²) in [6.07, 6.45) is -1.08. The SMILES string of the molecule is CCCNC(=O)Nc1cc(-c2nc(C(F)(F)F)cs2)c(-c2ccc3c(c2)c(=O)c(C(=O)NCCO)cn3CCN(C)C)cn1. The van der Waals surface area contributed by atoms with Gasteiger partial charge in [-0.2, -0.15) is 13.2 Å². The molecule has 0 unspecified atom stereocenters. The van der Waals surface area contributed by atoms with Crippen LogP contribution in [0.1, 0.15) is 29.4 Å². The predicted octanol–water partition coefficient (Wildman–Crippen LogP) is 4.02. The molecule has 234 valence electrons. The van der Waals surface area contributed by atoms with E-state index in [0.717, 1.165) is 16.7 Å². The number of thiazole rings is 1. The van der Waals surface area contributed by atoms with Crippen molar-refractivity contribution >= 4 is 40.0 Å². The molecule has 0 saturated heterocycles. The molecule has 4 N–H and O–H groups in total. The number of likely N-dealkylation sites (N-methyl/N-ethyl adjacent to an activating group) is 1. The van der Waals surface area contributed by atoms with Crippen molar-refractivity contribution in [3.8, 4) is 21.7 Å². The lowest BCUT2D eigenvalue weighted by Crippen LogP contribution is -2.32. The number of alkyl halides is 3. The van der Waals surface area contributed by atoms with E-state index in [0.29, 0.717) is 42.7 Å². The van der Waals surface area contributed by atoms with E-state index in [4.69, 9.17) is 5.11 Å². The summed E-state index contributed by atoms with van der Waals surface area (Å²) in [5.41, 5.74) is -0.112. The molecule has 44 heavy (non-hydrogen) atoms. The molecule has 0 radical (unpaired) electrons. The normalized spacial score (nSPS) is 11.6. The van der Waals surface area contributed by atoms with Crippen molar-refractivity contribution in [2.75, 3.05) is 45.7 Å². The van der Waals surface area contributed by atoms with Crippen molar-refractivity contribution in [1.82, 2.24) is 30.1 Å². The van der Waals surface area contributed by atoms with Crippen molar-refractivity contribution in [1.29, 1.82) is 0 Å². The first-order chi connectivity index (χ1) is 20.9. The van der Waals surface area contributed by atoms with Gasteiger partial charge in [-0.3, -0.25) is 14.9 Å². The largest absolute Gasteiger partial charge is 0.434 e. The zero-order valence-electron chi connectivity index (χ0n) is 24.3. The van der Waals surface area contributed by atoms with Gasteiger partial charge in [-0.25, -0.2) is 14.8 Å². The molecule has 4 aromatic rings. The molecule has 3 aromatic heterocycles. The number of hydrogen-bond acceptors (Lipinski definition) is 8. The van der Waals surface area contributed by atoms with Gasteiger partial charge in [-0.05, 0) is 44.3 Å². The van der Waals surface area contributed by atoms with Crippen molar-refractivity contribution in [3.05, 3.63) is 63.5 Å². The van der Waals surface area contributed by atoms with Gasteiger partial charge in [-0.15, -0.1) is 11.3 Å². The molecule has 0 aliphatic carbocycles. The molecule has 0 aliphatic rings. The first-order valence-electron chi connectivity index (χ1n) is 13.7. The molecular formula is C29H32F3N7O4S. The minimum Gasteiger partial charge on any atom is -0.395 e. The van der Waals surface area contributed by atoms with Crippen molar-refractivity contribution in [3.63, 3.8) is 0 Å². The summed E-state index contributed by atoms with van der Waals surface area (Å²) in [5, 5.41) is 18.0. The maximum Gasteiger partial charge on any atom is 0.434 e. The summed E-state index contributed by atoms with van der Waals surface area (Å²) < 4.78 is 42.1. The van der Waals surface area contributed by atoms with E-state index in [1.807, 2.05) is 25.9 Å². The van der Waals surface area contributed by atoms with Crippen LogP contribution in [0.2, 0.25) is 0 Å². The summed E-state index contributed by atoms with van der Waals surface area (Å²) in [7, 11) is 3.78. The smallest absolute Gasteiger partial charge is 0.395 e. The number of nitrogens with zero attached hydrogens (tertiary/aromatic N) is 4. The number of urea groups is 1. The highest BCUT2D eigenvalue weighted by atomic mass is 32.1. The number of hydrogen-bond donors (Lipinski definition) is 4. The lowest BCUT2D eigenvalue weighted by molar-refractivity contribution is -0.140. The number of aliphatic hydroxyl groups is 1. The van der Waals surface area contributed by atoms with Gasteiger partial charge in [0.2, 0.25) is 5.43 Å². The number of pyridine rings is 2. The Morgan fingerprint density at radius 2 is 1.89 bits per heavy atom. The lowest BCUT2D eigenvalue weighted by atomic mass is 9.99. The molecule has 0 saturated carbocycles. The third-order valence-electron chi connectivity index (χ3n) is 6.53. The molecule has 0 aliphatic heterocycles. The van der Waals surface area contributed by atoms with E-state index in [1.54, 1.807) is 22.8 Å². The molecule has 0 atom stereocenters. The van der Waals surface area contributed by atoms with Crippen LogP contribution in [0, 0.1) is 0 Å². The number of nitrogens with one attached hydrogen (secondary N) is 3. The Balaban J connectivity index is 1.88. The molecule has 3 heterocycles. The van der Waals surface area contributed by atoms with E-state index < -0.39 is 29.2 Å². The van der Waals surface area contributed by atoms with Crippen molar-refractivity contribution in [2.24, 2.45) is 0 Å². The van der Waals surface area contributed by atoms with E-state index in [9.17, 15) is 27.6 Å². The number of aromatic nitrogens is 3. The average molecular weight is 632 g/mol. The van der Waals surface area contributed by atoms with Gasteiger partial charge in [0.1, 0.15) is 16.4 Å². The molecule has 0 bridgehead atoms. The second-order valence-electron chi connectivity index (χ2n) is 10.1. The second-order valence-corrected chi connectivity index (χ2v) is 11.0. The topological polar surface area (TPSA) is 141 Å². The fourth-order valence-electron chi connectivity index (χ4n) is 4.34. The summed E-state index contributed by atoms with van der Waals surface area (Å²) in [6, 6.07) is 5.88. The second kappa shape index (κ2) is 14.0. The number of carbonyl (C=O) groups is 2. The fraction of sp³-hybridized carbons (Fsp3) is 0.345. The van der Waals surface area contributed by atoms with Crippen molar-refractivity contribution in [2.45, 2.75) is 26.1 Å². The number of carbonyl (C=O) groups excluding carboxylic acids is 2. The van der Waals surface area contributed by atoms with Crippen LogP contribution < -0.4 is 21.4 Å². The highest BCUT2D eigenvalue weighted by Gasteiger charge is 2.34. The Hall–Kier alpha value is -4.34. The van der Waals surface area contributed by atoms with Crippen LogP contribution in [-0.2, 0) is 12.7 Å². The molecule has 4 rings (SSSR count). The van der Waals surface area contributed by atoms with E-state index in [-0.39, 0.29) is 40.5 Å². The molecule has 15 heteroatoms. The number of fused-ring (bicyclic) bond motifs is 1. The van der Waals surface area contributed by atoms with E-state index in [1.165, 1.54) is 18.5 Å². The van der Waals surface area contributed by atoms with Crippen LogP contribution in [0.3, 0.4) is 0 Å². The van der Waals surface area contributed by atoms with E-state index in [2.05, 4.69) is 25.9 Å². The van der Waals surface area contributed by atoms with Crippen LogP contribution in [0.25, 0.3) is 32.6 Å². The van der Waals surface area contributed by atoms with Crippen LogP contribution in [0.15, 0.2) is 46.8 Å². The molecule has 0 spiro atoms. The Morgan fingerprint density at radius 1 is 1.11 bits per heavy atom. The lowest BCUT2D eigenvalue weighted by Gasteiger charge is -2.17. The van der Waals surface area contributed by atoms with Gasteiger partial charge in [0.15, 0.2) is 5.69 Å². The summed E-state index contributed by atoms with van der Waals surface area (Å²) >= 11 is 0.781. The third-order valence-corrected chi connectivity index (χ3v) is 7.40. The predicted molar refractivity (Wildman–Crippen MR) is 163 cm³/mol. The highest BCUT2D eigenvalue weighted by molar-refractivity contribution is 7.13. The molecule has 3 amide bonds. The maximum absolute atomic E-state index is 13.6. The number of rotatable bonds is 11. The van der Waals surface area contributed by atoms with Gasteiger partial charge in [0.25, 0.3) is 5.91 Å². The summed E-state index contributed by atoms with van der Waals surface area (Å²) in [5.74, 6) is -0.549. The van der Waals surface area contributed by atoms with Crippen LogP contribution in [-0.4, -0.2) is 76.8 Å². The van der Waals surface area contributed by atoms with Crippen LogP contribution in [0.4, 0.5) is 23.8 Å². The Morgan fingerprint density at radius 3 is 2.55 bits per heavy atom. The van der Waals surface area contributed by atoms with Gasteiger partial charge in [0.05, 0.1) is 12.1 Å². The summed E-state index contributed by atoms with van der Waals surface area (Å²) in [6.45, 7) is 3.03. The Kier molecular flexibility index (Phi) is 10.3. The van der Waals surface area contributed by atoms with E-state index >= 15 is 0 Å². The fourth-order valence-corrected chi connectivity index (χ4v) is 5.20. The number of benzene rings is 1. The number of halogens is 3. The standard InChI is InChI=1S/C29H32F3N7O4S/c1-4-7-34-28(43)37-24-13-18(27-36-23(16-44-27)29(30,31)32)20(14-35-24)17-5-6-22-19(12-17)25(41)21(26(42)33-8-11-40)15-39(22)10-9-38(2)3/h5-6,12-16,40H,4,7-11H2,1-3H3,(H,33,42)(H2,34,35,37,43). The minimum absolute atomic E-state index is 0.0341. The quantitative estimate of drug-likeness (QED) is 0.196. The van der Waals surface area contributed by atoms with Gasteiger partial charge in [0, 0.05) is 60.5 Å². The van der Waals surface area contributed by atoms with Crippen LogP contribution in [0.5, 0.6) is 0 Å². The third kappa shape index (κ3) is 7.59. The highest BCUT2D eigenvalue weighted by Crippen LogP contribution is 2.39. The monoisotopic (exact) mass is 631 g/mol. The number of anilines is 1.